The summed E-state index contributed by atoms with van der Waals surface area (Å²) in [5.74, 6) is 0.692. The Morgan fingerprint density at radius 1 is 1.25 bits per heavy atom. The number of hydrogen-bond donors (Lipinski definition) is 1. The van der Waals surface area contributed by atoms with E-state index in [4.69, 9.17) is 11.6 Å². The molecule has 3 aromatic rings. The third-order valence-electron chi connectivity index (χ3n) is 3.89. The molecule has 7 nitrogen and oxygen atoms in total. The van der Waals surface area contributed by atoms with Gasteiger partial charge in [-0.25, -0.2) is 4.68 Å². The highest BCUT2D eigenvalue weighted by molar-refractivity contribution is 8.01. The number of carbonyl (C=O) groups excluding carboxylic acids is 1. The maximum atomic E-state index is 12.8. The fourth-order valence-electron chi connectivity index (χ4n) is 2.52. The molecule has 1 N–H and O–H groups in total. The molecule has 0 radical (unpaired) electrons. The van der Waals surface area contributed by atoms with E-state index in [1.807, 2.05) is 26.0 Å². The van der Waals surface area contributed by atoms with Gasteiger partial charge >= 0.3 is 0 Å². The third kappa shape index (κ3) is 4.89. The fraction of sp³-hybridized carbons (Fsp3) is 0.389. The summed E-state index contributed by atoms with van der Waals surface area (Å²) in [6.45, 7) is 6.14. The minimum atomic E-state index is -0.342. The lowest BCUT2D eigenvalue weighted by atomic mass is 10.1. The van der Waals surface area contributed by atoms with Gasteiger partial charge in [-0.05, 0) is 36.6 Å². The van der Waals surface area contributed by atoms with E-state index in [1.165, 1.54) is 11.3 Å². The van der Waals surface area contributed by atoms with Crippen molar-refractivity contribution in [2.24, 2.45) is 0 Å². The zero-order chi connectivity index (χ0) is 20.1. The van der Waals surface area contributed by atoms with Crippen LogP contribution < -0.4 is 5.32 Å². The number of amides is 1. The molecule has 0 unspecified atom stereocenters. The van der Waals surface area contributed by atoms with Gasteiger partial charge < -0.3 is 0 Å². The number of hydrogen-bond acceptors (Lipinski definition) is 7. The lowest BCUT2D eigenvalue weighted by Gasteiger charge is -2.10. The lowest BCUT2D eigenvalue weighted by molar-refractivity contribution is 0.102. The Morgan fingerprint density at radius 3 is 2.68 bits per heavy atom. The molecule has 0 aliphatic heterocycles. The average Bonchev–Trinajstić information content (AvgIpc) is 3.30. The first-order valence-corrected chi connectivity index (χ1v) is 11.2. The van der Waals surface area contributed by atoms with Crippen LogP contribution in [0.3, 0.4) is 0 Å². The smallest absolute Gasteiger partial charge is 0.279 e. The molecule has 0 bridgehead atoms. The predicted octanol–water partition coefficient (Wildman–Crippen LogP) is 5.04. The Labute approximate surface area is 176 Å². The molecule has 0 atom stereocenters. The van der Waals surface area contributed by atoms with Crippen LogP contribution in [0, 0.1) is 0 Å². The second-order valence-electron chi connectivity index (χ2n) is 6.40. The zero-order valence-corrected chi connectivity index (χ0v) is 18.2. The molecule has 0 saturated carbocycles. The molecule has 28 heavy (non-hydrogen) atoms. The number of nitrogens with zero attached hydrogens (tertiary/aromatic N) is 5. The Balaban J connectivity index is 1.79. The van der Waals surface area contributed by atoms with Gasteiger partial charge in [-0.15, -0.1) is 15.3 Å². The fourth-order valence-corrected chi connectivity index (χ4v) is 4.55. The van der Waals surface area contributed by atoms with Crippen LogP contribution in [-0.4, -0.2) is 36.9 Å². The minimum absolute atomic E-state index is 0.0426. The number of benzene rings is 1. The largest absolute Gasteiger partial charge is 0.295 e. The molecule has 0 aliphatic carbocycles. The molecule has 1 amide bonds. The Bertz CT molecular complexity index is 938. The van der Waals surface area contributed by atoms with Gasteiger partial charge in [0.25, 0.3) is 5.91 Å². The van der Waals surface area contributed by atoms with Crippen LogP contribution in [0.15, 0.2) is 28.6 Å². The number of unbranched alkanes of at least 4 members (excludes halogenated alkanes) is 1. The summed E-state index contributed by atoms with van der Waals surface area (Å²) in [6.07, 6.45) is 2.26. The van der Waals surface area contributed by atoms with Crippen LogP contribution in [0.4, 0.5) is 5.13 Å². The monoisotopic (exact) mass is 436 g/mol. The number of nitrogens with one attached hydrogen (secondary N) is 1. The second kappa shape index (κ2) is 9.49. The van der Waals surface area contributed by atoms with Gasteiger partial charge in [-0.2, -0.15) is 0 Å². The maximum Gasteiger partial charge on any atom is 0.279 e. The molecule has 3 rings (SSSR count). The van der Waals surface area contributed by atoms with Crippen molar-refractivity contribution in [1.29, 1.82) is 0 Å². The van der Waals surface area contributed by atoms with Crippen LogP contribution in [0.25, 0.3) is 5.69 Å². The maximum absolute atomic E-state index is 12.8. The van der Waals surface area contributed by atoms with Crippen molar-refractivity contribution in [3.63, 3.8) is 0 Å². The highest BCUT2D eigenvalue weighted by Gasteiger charge is 2.24. The first kappa shape index (κ1) is 20.8. The van der Waals surface area contributed by atoms with Gasteiger partial charge in [0.15, 0.2) is 10.0 Å². The summed E-state index contributed by atoms with van der Waals surface area (Å²) in [4.78, 5) is 12.8. The normalized spacial score (nSPS) is 11.2. The van der Waals surface area contributed by atoms with Crippen molar-refractivity contribution < 1.29 is 4.79 Å². The average molecular weight is 437 g/mol. The molecule has 10 heteroatoms. The lowest BCUT2D eigenvalue weighted by Crippen LogP contribution is -2.16. The summed E-state index contributed by atoms with van der Waals surface area (Å²) in [7, 11) is 0. The third-order valence-corrected chi connectivity index (χ3v) is 6.20. The van der Waals surface area contributed by atoms with Gasteiger partial charge in [0.2, 0.25) is 5.13 Å². The van der Waals surface area contributed by atoms with E-state index < -0.39 is 0 Å². The predicted molar refractivity (Wildman–Crippen MR) is 114 cm³/mol. The van der Waals surface area contributed by atoms with Crippen molar-refractivity contribution in [1.82, 2.24) is 25.2 Å². The van der Waals surface area contributed by atoms with E-state index in [0.717, 1.165) is 34.3 Å². The number of carbonyl (C=O) groups is 1. The van der Waals surface area contributed by atoms with E-state index in [1.54, 1.807) is 28.6 Å². The van der Waals surface area contributed by atoms with E-state index in [9.17, 15) is 4.79 Å². The highest BCUT2D eigenvalue weighted by atomic mass is 35.5. The zero-order valence-electron chi connectivity index (χ0n) is 15.8. The quantitative estimate of drug-likeness (QED) is 0.302. The molecule has 2 aromatic heterocycles. The molecule has 0 saturated heterocycles. The summed E-state index contributed by atoms with van der Waals surface area (Å²) >= 11 is 8.98. The van der Waals surface area contributed by atoms with Crippen LogP contribution in [0.1, 0.15) is 55.7 Å². The van der Waals surface area contributed by atoms with Gasteiger partial charge in [0.05, 0.1) is 11.4 Å². The summed E-state index contributed by atoms with van der Waals surface area (Å²) in [5, 5.41) is 20.4. The molecule has 0 fully saturated rings. The number of thioether (sulfide) groups is 1. The molecule has 0 spiro atoms. The molecule has 2 heterocycles. The molecular formula is C18H21ClN6OS2. The number of anilines is 1. The van der Waals surface area contributed by atoms with Gasteiger partial charge in [-0.1, -0.05) is 67.1 Å². The SMILES string of the molecule is CCCCSc1nnc(NC(=O)c2nnn(-c3ccc(Cl)cc3)c2C(C)C)s1. The minimum Gasteiger partial charge on any atom is -0.295 e. The molecule has 1 aromatic carbocycles. The number of aromatic nitrogens is 5. The summed E-state index contributed by atoms with van der Waals surface area (Å²) in [5.41, 5.74) is 1.80. The van der Waals surface area contributed by atoms with E-state index in [2.05, 4.69) is 32.7 Å². The van der Waals surface area contributed by atoms with E-state index in [-0.39, 0.29) is 17.5 Å². The topological polar surface area (TPSA) is 85.6 Å². The van der Waals surface area contributed by atoms with Crippen LogP contribution in [-0.2, 0) is 0 Å². The van der Waals surface area contributed by atoms with Gasteiger partial charge in [0, 0.05) is 10.8 Å². The second-order valence-corrected chi connectivity index (χ2v) is 9.15. The van der Waals surface area contributed by atoms with Crippen LogP contribution in [0.2, 0.25) is 5.02 Å². The Hall–Kier alpha value is -1.97. The van der Waals surface area contributed by atoms with Crippen molar-refractivity contribution in [2.45, 2.75) is 43.9 Å². The van der Waals surface area contributed by atoms with Crippen molar-refractivity contribution in [2.75, 3.05) is 11.1 Å². The standard InChI is InChI=1S/C18H21ClN6OS2/c1-4-5-10-27-18-23-22-17(28-18)20-16(26)14-15(11(2)3)25(24-21-14)13-8-6-12(19)7-9-13/h6-9,11H,4-5,10H2,1-3H3,(H,20,22,26). The first-order chi connectivity index (χ1) is 13.5. The first-order valence-electron chi connectivity index (χ1n) is 8.98. The van der Waals surface area contributed by atoms with Crippen molar-refractivity contribution in [3.8, 4) is 5.69 Å². The van der Waals surface area contributed by atoms with E-state index in [0.29, 0.717) is 10.2 Å². The van der Waals surface area contributed by atoms with Crippen LogP contribution >= 0.6 is 34.7 Å². The molecule has 148 valence electrons. The molecular weight excluding hydrogens is 416 g/mol. The molecule has 0 aliphatic rings. The van der Waals surface area contributed by atoms with Crippen LogP contribution in [0.5, 0.6) is 0 Å². The Kier molecular flexibility index (Phi) is 7.03. The van der Waals surface area contributed by atoms with Crippen molar-refractivity contribution in [3.05, 3.63) is 40.7 Å². The summed E-state index contributed by atoms with van der Waals surface area (Å²) < 4.78 is 2.51. The highest BCUT2D eigenvalue weighted by Crippen LogP contribution is 2.27. The van der Waals surface area contributed by atoms with Gasteiger partial charge in [0.1, 0.15) is 0 Å². The summed E-state index contributed by atoms with van der Waals surface area (Å²) in [6, 6.07) is 7.24. The number of rotatable bonds is 8. The van der Waals surface area contributed by atoms with Gasteiger partial charge in [-0.3, -0.25) is 10.1 Å². The van der Waals surface area contributed by atoms with E-state index >= 15 is 0 Å². The Morgan fingerprint density at radius 2 is 2.00 bits per heavy atom. The van der Waals surface area contributed by atoms with Crippen molar-refractivity contribution >= 4 is 45.7 Å². The number of halogens is 1.